The van der Waals surface area contributed by atoms with Crippen LogP contribution in [0.3, 0.4) is 0 Å². The van der Waals surface area contributed by atoms with Crippen molar-refractivity contribution in [3.05, 3.63) is 45.6 Å². The van der Waals surface area contributed by atoms with Gasteiger partial charge in [-0.2, -0.15) is 31.4 Å². The molecule has 0 radical (unpaired) electrons. The number of carbonyl (C=O) groups excluding carboxylic acids is 1. The third-order valence-corrected chi connectivity index (χ3v) is 8.87. The van der Waals surface area contributed by atoms with E-state index in [1.807, 2.05) is 0 Å². The average molecular weight is 637 g/mol. The van der Waals surface area contributed by atoms with Crippen molar-refractivity contribution in [2.75, 3.05) is 37.7 Å². The first-order chi connectivity index (χ1) is 19.8. The Morgan fingerprint density at radius 2 is 1.58 bits per heavy atom. The van der Waals surface area contributed by atoms with E-state index in [-0.39, 0.29) is 30.7 Å². The van der Waals surface area contributed by atoms with Crippen LogP contribution < -0.4 is 10.5 Å². The van der Waals surface area contributed by atoms with Crippen molar-refractivity contribution in [1.82, 2.24) is 24.6 Å². The summed E-state index contributed by atoms with van der Waals surface area (Å²) in [6.07, 6.45) is -7.12. The summed E-state index contributed by atoms with van der Waals surface area (Å²) >= 11 is 0. The zero-order valence-corrected chi connectivity index (χ0v) is 26.0. The smallest absolute Gasteiger partial charge is 0.359 e. The van der Waals surface area contributed by atoms with E-state index in [2.05, 4.69) is 34.7 Å². The van der Waals surface area contributed by atoms with Crippen LogP contribution in [0.5, 0.6) is 0 Å². The lowest BCUT2D eigenvalue weighted by Crippen LogP contribution is -2.52. The molecule has 1 aliphatic rings. The second-order valence-electron chi connectivity index (χ2n) is 12.5. The van der Waals surface area contributed by atoms with Gasteiger partial charge in [0.2, 0.25) is 11.9 Å². The number of aryl methyl sites for hydroxylation is 1. The fourth-order valence-electron chi connectivity index (χ4n) is 4.53. The number of piperazine rings is 1. The Labute approximate surface area is 247 Å². The van der Waals surface area contributed by atoms with Gasteiger partial charge in [0.05, 0.1) is 11.3 Å². The van der Waals surface area contributed by atoms with Crippen molar-refractivity contribution >= 4 is 19.9 Å². The van der Waals surface area contributed by atoms with Gasteiger partial charge in [-0.1, -0.05) is 33.5 Å². The number of ether oxygens (including phenoxy) is 1. The molecule has 0 spiro atoms. The number of aromatic nitrogens is 4. The summed E-state index contributed by atoms with van der Waals surface area (Å²) in [5.41, 5.74) is -4.28. The van der Waals surface area contributed by atoms with Crippen LogP contribution in [0.25, 0.3) is 0 Å². The summed E-state index contributed by atoms with van der Waals surface area (Å²) in [6, 6.07) is 1.55. The van der Waals surface area contributed by atoms with Gasteiger partial charge in [0.15, 0.2) is 0 Å². The molecule has 9 nitrogen and oxygen atoms in total. The fraction of sp³-hybridized carbons (Fsp3) is 0.667. The monoisotopic (exact) mass is 636 g/mol. The predicted octanol–water partition coefficient (Wildman–Crippen LogP) is 5.08. The van der Waals surface area contributed by atoms with Gasteiger partial charge in [-0.05, 0) is 31.4 Å². The van der Waals surface area contributed by atoms with E-state index in [1.165, 1.54) is 0 Å². The summed E-state index contributed by atoms with van der Waals surface area (Å²) in [5, 5.41) is 4.11. The summed E-state index contributed by atoms with van der Waals surface area (Å²) < 4.78 is 85.3. The molecule has 2 aromatic heterocycles. The van der Waals surface area contributed by atoms with E-state index < -0.39 is 42.5 Å². The largest absolute Gasteiger partial charge is 0.421 e. The first kappa shape index (κ1) is 34.5. The Morgan fingerprint density at radius 3 is 2.12 bits per heavy atom. The Hall–Kier alpha value is -3.01. The highest BCUT2D eigenvalue weighted by atomic mass is 28.3. The molecule has 0 saturated carbocycles. The molecule has 0 unspecified atom stereocenters. The maximum absolute atomic E-state index is 13.6. The Bertz CT molecular complexity index is 1300. The lowest BCUT2D eigenvalue weighted by Gasteiger charge is -2.38. The predicted molar refractivity (Wildman–Crippen MR) is 150 cm³/mol. The average Bonchev–Trinajstić information content (AvgIpc) is 2.90. The number of hydrogen-bond donors (Lipinski definition) is 0. The lowest BCUT2D eigenvalue weighted by atomic mass is 9.85. The highest BCUT2D eigenvalue weighted by Crippen LogP contribution is 2.30. The Morgan fingerprint density at radius 1 is 0.977 bits per heavy atom. The number of carbonyl (C=O) groups is 1. The van der Waals surface area contributed by atoms with Gasteiger partial charge in [0.1, 0.15) is 12.3 Å². The molecule has 16 heteroatoms. The lowest BCUT2D eigenvalue weighted by molar-refractivity contribution is -0.141. The van der Waals surface area contributed by atoms with Crippen LogP contribution in [0, 0.1) is 5.41 Å². The SMILES string of the molecule is CC(C)(CCCc1cc(C(F)(F)F)c(=O)n(COCC[Si](C)(C)C)n1)C(=O)N1CCN(c2ncc(C(F)(F)F)cn2)CC1. The molecule has 1 amide bonds. The van der Waals surface area contributed by atoms with Crippen LogP contribution >= 0.6 is 0 Å². The number of hydrogen-bond acceptors (Lipinski definition) is 7. The molecule has 43 heavy (non-hydrogen) atoms. The first-order valence-electron chi connectivity index (χ1n) is 14.0. The molecule has 2 aromatic rings. The highest BCUT2D eigenvalue weighted by molar-refractivity contribution is 6.76. The molecule has 240 valence electrons. The Kier molecular flexibility index (Phi) is 10.7. The maximum Gasteiger partial charge on any atom is 0.421 e. The van der Waals surface area contributed by atoms with Crippen LogP contribution in [0.4, 0.5) is 32.3 Å². The fourth-order valence-corrected chi connectivity index (χ4v) is 5.28. The Balaban J connectivity index is 1.58. The van der Waals surface area contributed by atoms with E-state index in [0.29, 0.717) is 50.3 Å². The standard InChI is InChI=1S/C27H38F6N6O3Si/c1-25(2,23(41)37-9-11-38(12-10-37)24-34-16-19(17-35-24)26(28,29)30)8-6-7-20-15-21(27(31,32)33)22(40)39(36-20)18-42-13-14-43(3,4)5/h15-17H,6-14,18H2,1-5H3. The highest BCUT2D eigenvalue weighted by Gasteiger charge is 2.37. The van der Waals surface area contributed by atoms with Crippen LogP contribution in [-0.4, -0.2) is 71.4 Å². The molecule has 0 aliphatic carbocycles. The van der Waals surface area contributed by atoms with Crippen molar-refractivity contribution in [2.24, 2.45) is 5.41 Å². The molecule has 0 N–H and O–H groups in total. The third kappa shape index (κ3) is 9.74. The van der Waals surface area contributed by atoms with Gasteiger partial charge < -0.3 is 14.5 Å². The number of amides is 1. The summed E-state index contributed by atoms with van der Waals surface area (Å²) in [5.74, 6) is -0.00178. The zero-order chi connectivity index (χ0) is 32.2. The minimum absolute atomic E-state index is 0.0779. The van der Waals surface area contributed by atoms with Crippen LogP contribution in [0.1, 0.15) is 43.5 Å². The molecule has 0 atom stereocenters. The topological polar surface area (TPSA) is 93.5 Å². The van der Waals surface area contributed by atoms with Gasteiger partial charge in [-0.25, -0.2) is 14.6 Å². The van der Waals surface area contributed by atoms with E-state index in [9.17, 15) is 35.9 Å². The number of alkyl halides is 6. The van der Waals surface area contributed by atoms with Gasteiger partial charge in [0, 0.05) is 58.7 Å². The summed E-state index contributed by atoms with van der Waals surface area (Å²) in [7, 11) is -1.43. The minimum atomic E-state index is -4.85. The number of halogens is 6. The molecule has 0 aromatic carbocycles. The second-order valence-corrected chi connectivity index (χ2v) is 18.1. The van der Waals surface area contributed by atoms with Crippen LogP contribution in [0.2, 0.25) is 25.7 Å². The van der Waals surface area contributed by atoms with E-state index in [4.69, 9.17) is 4.74 Å². The second kappa shape index (κ2) is 13.3. The summed E-state index contributed by atoms with van der Waals surface area (Å²) in [4.78, 5) is 36.7. The van der Waals surface area contributed by atoms with Crippen molar-refractivity contribution in [3.8, 4) is 0 Å². The van der Waals surface area contributed by atoms with E-state index >= 15 is 0 Å². The number of nitrogens with zero attached hydrogens (tertiary/aromatic N) is 6. The zero-order valence-electron chi connectivity index (χ0n) is 25.0. The molecule has 3 rings (SSSR count). The van der Waals surface area contributed by atoms with Crippen molar-refractivity contribution in [2.45, 2.75) is 77.9 Å². The molecule has 0 bridgehead atoms. The van der Waals surface area contributed by atoms with Gasteiger partial charge in [-0.15, -0.1) is 0 Å². The van der Waals surface area contributed by atoms with Gasteiger partial charge in [0.25, 0.3) is 5.56 Å². The molecular formula is C27H38F6N6O3Si. The van der Waals surface area contributed by atoms with E-state index in [0.717, 1.165) is 24.5 Å². The van der Waals surface area contributed by atoms with Crippen LogP contribution in [0.15, 0.2) is 23.3 Å². The van der Waals surface area contributed by atoms with E-state index in [1.54, 1.807) is 23.6 Å². The van der Waals surface area contributed by atoms with Crippen molar-refractivity contribution in [3.63, 3.8) is 0 Å². The quantitative estimate of drug-likeness (QED) is 0.193. The first-order valence-corrected chi connectivity index (χ1v) is 17.7. The maximum atomic E-state index is 13.6. The minimum Gasteiger partial charge on any atom is -0.359 e. The molecular weight excluding hydrogens is 598 g/mol. The molecule has 1 aliphatic heterocycles. The van der Waals surface area contributed by atoms with Gasteiger partial charge in [-0.3, -0.25) is 9.59 Å². The van der Waals surface area contributed by atoms with Gasteiger partial charge >= 0.3 is 12.4 Å². The van der Waals surface area contributed by atoms with Crippen LogP contribution in [-0.2, 0) is 35.0 Å². The molecule has 1 saturated heterocycles. The number of rotatable bonds is 11. The number of anilines is 1. The van der Waals surface area contributed by atoms with Crippen molar-refractivity contribution in [1.29, 1.82) is 0 Å². The molecule has 1 fully saturated rings. The van der Waals surface area contributed by atoms with Crippen molar-refractivity contribution < 1.29 is 35.9 Å². The summed E-state index contributed by atoms with van der Waals surface area (Å²) in [6.45, 7) is 11.1. The molecule has 3 heterocycles. The third-order valence-electron chi connectivity index (χ3n) is 7.17. The normalized spacial score (nSPS) is 15.2.